The van der Waals surface area contributed by atoms with E-state index in [-0.39, 0.29) is 0 Å². The van der Waals surface area contributed by atoms with E-state index in [2.05, 4.69) is 14.9 Å². The average Bonchev–Trinajstić information content (AvgIpc) is 2.69. The molecule has 0 saturated heterocycles. The minimum absolute atomic E-state index is 0.805. The highest BCUT2D eigenvalue weighted by Gasteiger charge is 2.49. The first-order chi connectivity index (χ1) is 6.95. The van der Waals surface area contributed by atoms with Crippen LogP contribution in [0.15, 0.2) is 6.20 Å². The van der Waals surface area contributed by atoms with Crippen LogP contribution in [0.5, 0.6) is 0 Å². The molecule has 2 saturated carbocycles. The van der Waals surface area contributed by atoms with E-state index in [0.29, 0.717) is 0 Å². The lowest BCUT2D eigenvalue weighted by molar-refractivity contribution is 0.480. The predicted octanol–water partition coefficient (Wildman–Crippen LogP) is 1.82. The Morgan fingerprint density at radius 2 is 2.14 bits per heavy atom. The molecule has 2 fully saturated rings. The molecule has 3 nitrogen and oxygen atoms in total. The maximum absolute atomic E-state index is 3.86. The van der Waals surface area contributed by atoms with Crippen LogP contribution >= 0.6 is 11.5 Å². The summed E-state index contributed by atoms with van der Waals surface area (Å²) in [6.45, 7) is 0.968. The van der Waals surface area contributed by atoms with Gasteiger partial charge in [0, 0.05) is 12.6 Å². The fraction of sp³-hybridized carbons (Fsp3) is 0.800. The van der Waals surface area contributed by atoms with Gasteiger partial charge in [-0.15, -0.1) is 5.10 Å². The Labute approximate surface area is 88.1 Å². The van der Waals surface area contributed by atoms with Crippen molar-refractivity contribution in [3.63, 3.8) is 0 Å². The number of nitrogens with zero attached hydrogens (tertiary/aromatic N) is 2. The van der Waals surface area contributed by atoms with Gasteiger partial charge >= 0.3 is 0 Å². The first-order valence-corrected chi connectivity index (χ1v) is 6.22. The van der Waals surface area contributed by atoms with Gasteiger partial charge in [-0.1, -0.05) is 17.3 Å². The van der Waals surface area contributed by atoms with Gasteiger partial charge in [0.1, 0.15) is 0 Å². The van der Waals surface area contributed by atoms with Crippen LogP contribution in [0.1, 0.15) is 30.6 Å². The lowest BCUT2D eigenvalue weighted by Gasteiger charge is -2.04. The van der Waals surface area contributed by atoms with Gasteiger partial charge in [-0.25, -0.2) is 0 Å². The summed E-state index contributed by atoms with van der Waals surface area (Å²) >= 11 is 1.50. The molecule has 3 rings (SSSR count). The van der Waals surface area contributed by atoms with E-state index in [4.69, 9.17) is 0 Å². The Kier molecular flexibility index (Phi) is 2.25. The molecule has 1 aromatic heterocycles. The van der Waals surface area contributed by atoms with Crippen LogP contribution in [0.2, 0.25) is 0 Å². The predicted molar refractivity (Wildman–Crippen MR) is 56.0 cm³/mol. The van der Waals surface area contributed by atoms with Gasteiger partial charge in [0.2, 0.25) is 0 Å². The molecule has 1 N–H and O–H groups in total. The van der Waals surface area contributed by atoms with Crippen LogP contribution in [-0.4, -0.2) is 15.6 Å². The number of hydrogen-bond acceptors (Lipinski definition) is 4. The van der Waals surface area contributed by atoms with Crippen molar-refractivity contribution in [1.82, 2.24) is 14.9 Å². The van der Waals surface area contributed by atoms with Crippen LogP contribution in [0.3, 0.4) is 0 Å². The average molecular weight is 209 g/mol. The van der Waals surface area contributed by atoms with E-state index in [1.165, 1.54) is 42.1 Å². The standard InChI is InChI=1S/C10H15N3S/c1-2-4-9-8(3-1)10(9)11-5-7-6-12-13-14-7/h6,8-11H,1-5H2. The molecule has 2 unspecified atom stereocenters. The first kappa shape index (κ1) is 8.80. The molecule has 0 bridgehead atoms. The Bertz CT molecular complexity index is 286. The topological polar surface area (TPSA) is 37.8 Å². The molecular formula is C10H15N3S. The van der Waals surface area contributed by atoms with Crippen molar-refractivity contribution in [3.05, 3.63) is 11.1 Å². The molecule has 4 heteroatoms. The van der Waals surface area contributed by atoms with Gasteiger partial charge in [-0.2, -0.15) is 0 Å². The van der Waals surface area contributed by atoms with Gasteiger partial charge in [0.25, 0.3) is 0 Å². The fourth-order valence-corrected chi connectivity index (χ4v) is 3.22. The Morgan fingerprint density at radius 3 is 2.79 bits per heavy atom. The van der Waals surface area contributed by atoms with Gasteiger partial charge in [-0.05, 0) is 36.2 Å². The van der Waals surface area contributed by atoms with Crippen LogP contribution in [-0.2, 0) is 6.54 Å². The minimum atomic E-state index is 0.805. The smallest absolute Gasteiger partial charge is 0.0666 e. The van der Waals surface area contributed by atoms with Crippen molar-refractivity contribution in [2.45, 2.75) is 38.3 Å². The molecule has 0 amide bonds. The van der Waals surface area contributed by atoms with Crippen LogP contribution in [0.25, 0.3) is 0 Å². The molecule has 14 heavy (non-hydrogen) atoms. The van der Waals surface area contributed by atoms with E-state index in [1.807, 2.05) is 6.20 Å². The van der Waals surface area contributed by atoms with Crippen molar-refractivity contribution in [2.24, 2.45) is 11.8 Å². The van der Waals surface area contributed by atoms with Crippen molar-refractivity contribution in [1.29, 1.82) is 0 Å². The Morgan fingerprint density at radius 1 is 1.36 bits per heavy atom. The fourth-order valence-electron chi connectivity index (χ4n) is 2.78. The number of hydrogen-bond donors (Lipinski definition) is 1. The van der Waals surface area contributed by atoms with Gasteiger partial charge in [0.05, 0.1) is 11.1 Å². The van der Waals surface area contributed by atoms with Crippen molar-refractivity contribution in [2.75, 3.05) is 0 Å². The third-order valence-electron chi connectivity index (χ3n) is 3.58. The number of fused-ring (bicyclic) bond motifs is 1. The van der Waals surface area contributed by atoms with Crippen molar-refractivity contribution in [3.8, 4) is 0 Å². The molecule has 2 aliphatic carbocycles. The number of rotatable bonds is 3. The van der Waals surface area contributed by atoms with Gasteiger partial charge < -0.3 is 5.32 Å². The summed E-state index contributed by atoms with van der Waals surface area (Å²) in [6.07, 6.45) is 7.65. The maximum atomic E-state index is 3.86. The van der Waals surface area contributed by atoms with E-state index in [9.17, 15) is 0 Å². The highest BCUT2D eigenvalue weighted by atomic mass is 32.1. The monoisotopic (exact) mass is 209 g/mol. The zero-order chi connectivity index (χ0) is 9.38. The quantitative estimate of drug-likeness (QED) is 0.825. The molecule has 0 spiro atoms. The van der Waals surface area contributed by atoms with E-state index in [0.717, 1.165) is 24.4 Å². The lowest BCUT2D eigenvalue weighted by Crippen LogP contribution is -2.17. The highest BCUT2D eigenvalue weighted by molar-refractivity contribution is 7.05. The summed E-state index contributed by atoms with van der Waals surface area (Å²) in [5.74, 6) is 1.98. The van der Waals surface area contributed by atoms with Crippen LogP contribution in [0.4, 0.5) is 0 Å². The van der Waals surface area contributed by atoms with Crippen LogP contribution < -0.4 is 5.32 Å². The van der Waals surface area contributed by atoms with E-state index < -0.39 is 0 Å². The normalized spacial score (nSPS) is 35.3. The SMILES string of the molecule is c1nnsc1CNC1C2CCCCC21. The molecule has 2 aliphatic rings. The zero-order valence-electron chi connectivity index (χ0n) is 8.15. The third-order valence-corrected chi connectivity index (χ3v) is 4.24. The zero-order valence-corrected chi connectivity index (χ0v) is 8.96. The molecule has 76 valence electrons. The molecular weight excluding hydrogens is 194 g/mol. The molecule has 1 heterocycles. The summed E-state index contributed by atoms with van der Waals surface area (Å²) in [5, 5.41) is 7.47. The first-order valence-electron chi connectivity index (χ1n) is 5.45. The summed E-state index contributed by atoms with van der Waals surface area (Å²) in [6, 6.07) is 0.805. The number of aromatic nitrogens is 2. The highest BCUT2D eigenvalue weighted by Crippen LogP contribution is 2.49. The Balaban J connectivity index is 1.50. The molecule has 1 aromatic rings. The summed E-state index contributed by atoms with van der Waals surface area (Å²) in [7, 11) is 0. The third kappa shape index (κ3) is 1.57. The van der Waals surface area contributed by atoms with E-state index >= 15 is 0 Å². The molecule has 0 radical (unpaired) electrons. The second kappa shape index (κ2) is 3.59. The minimum Gasteiger partial charge on any atom is -0.308 e. The molecule has 0 aromatic carbocycles. The van der Waals surface area contributed by atoms with Crippen LogP contribution in [0, 0.1) is 11.8 Å². The summed E-state index contributed by atoms with van der Waals surface area (Å²) < 4.78 is 3.86. The second-order valence-electron chi connectivity index (χ2n) is 4.40. The second-order valence-corrected chi connectivity index (χ2v) is 5.27. The lowest BCUT2D eigenvalue weighted by atomic mass is 10.0. The summed E-state index contributed by atoms with van der Waals surface area (Å²) in [4.78, 5) is 1.26. The van der Waals surface area contributed by atoms with Crippen molar-refractivity contribution < 1.29 is 0 Å². The Hall–Kier alpha value is -0.480. The maximum Gasteiger partial charge on any atom is 0.0666 e. The van der Waals surface area contributed by atoms with Gasteiger partial charge in [-0.3, -0.25) is 0 Å². The number of nitrogens with one attached hydrogen (secondary N) is 1. The van der Waals surface area contributed by atoms with Gasteiger partial charge in [0.15, 0.2) is 0 Å². The van der Waals surface area contributed by atoms with E-state index in [1.54, 1.807) is 0 Å². The molecule has 0 aliphatic heterocycles. The summed E-state index contributed by atoms with van der Waals surface area (Å²) in [5.41, 5.74) is 0. The molecule has 2 atom stereocenters. The van der Waals surface area contributed by atoms with Crippen molar-refractivity contribution >= 4 is 11.5 Å². The largest absolute Gasteiger partial charge is 0.308 e.